The van der Waals surface area contributed by atoms with Gasteiger partial charge >= 0.3 is 0 Å². The van der Waals surface area contributed by atoms with Gasteiger partial charge in [-0.3, -0.25) is 0 Å². The summed E-state index contributed by atoms with van der Waals surface area (Å²) < 4.78 is 0. The van der Waals surface area contributed by atoms with Gasteiger partial charge in [0.05, 0.1) is 0 Å². The quantitative estimate of drug-likeness (QED) is 0.759. The number of halogens is 2. The summed E-state index contributed by atoms with van der Waals surface area (Å²) in [5.74, 6) is 0. The molecule has 0 radical (unpaired) electrons. The number of hydrogen-bond donors (Lipinski definition) is 1. The van der Waals surface area contributed by atoms with E-state index in [1.807, 2.05) is 18.2 Å². The van der Waals surface area contributed by atoms with Crippen LogP contribution in [0.15, 0.2) is 35.0 Å². The van der Waals surface area contributed by atoms with Gasteiger partial charge in [-0.2, -0.15) is 11.3 Å². The van der Waals surface area contributed by atoms with Crippen molar-refractivity contribution < 1.29 is 0 Å². The van der Waals surface area contributed by atoms with E-state index in [1.54, 1.807) is 11.3 Å². The molecule has 0 aliphatic heterocycles. The van der Waals surface area contributed by atoms with Gasteiger partial charge in [0.1, 0.15) is 0 Å². The standard InChI is InChI=1S/C15H17Cl2NS/c1-2-6-18-15(8-11-5-7-19-10-11)13-4-3-12(16)9-14(13)17/h3-5,7,9-10,15,18H,2,6,8H2,1H3. The maximum absolute atomic E-state index is 6.32. The monoisotopic (exact) mass is 313 g/mol. The van der Waals surface area contributed by atoms with E-state index in [0.29, 0.717) is 5.02 Å². The Hall–Kier alpha value is -0.540. The third kappa shape index (κ3) is 4.22. The van der Waals surface area contributed by atoms with E-state index in [4.69, 9.17) is 23.2 Å². The lowest BCUT2D eigenvalue weighted by molar-refractivity contribution is 0.530. The fraction of sp³-hybridized carbons (Fsp3) is 0.333. The Morgan fingerprint density at radius 1 is 1.26 bits per heavy atom. The molecule has 1 atom stereocenters. The zero-order valence-corrected chi connectivity index (χ0v) is 13.2. The summed E-state index contributed by atoms with van der Waals surface area (Å²) in [7, 11) is 0. The van der Waals surface area contributed by atoms with Crippen LogP contribution >= 0.6 is 34.5 Å². The highest BCUT2D eigenvalue weighted by atomic mass is 35.5. The maximum atomic E-state index is 6.32. The average Bonchev–Trinajstić information content (AvgIpc) is 2.88. The zero-order valence-electron chi connectivity index (χ0n) is 10.8. The molecular weight excluding hydrogens is 297 g/mol. The van der Waals surface area contributed by atoms with Crippen LogP contribution in [0.25, 0.3) is 0 Å². The third-order valence-corrected chi connectivity index (χ3v) is 4.29. The Labute approximate surface area is 128 Å². The molecule has 0 fully saturated rings. The van der Waals surface area contributed by atoms with Gasteiger partial charge in [-0.15, -0.1) is 0 Å². The predicted molar refractivity (Wildman–Crippen MR) is 85.5 cm³/mol. The second-order valence-electron chi connectivity index (χ2n) is 4.51. The summed E-state index contributed by atoms with van der Waals surface area (Å²) in [5.41, 5.74) is 2.45. The van der Waals surface area contributed by atoms with Crippen molar-refractivity contribution in [1.29, 1.82) is 0 Å². The SMILES string of the molecule is CCCNC(Cc1ccsc1)c1ccc(Cl)cc1Cl. The zero-order chi connectivity index (χ0) is 13.7. The summed E-state index contributed by atoms with van der Waals surface area (Å²) in [5, 5.41) is 9.27. The van der Waals surface area contributed by atoms with Crippen molar-refractivity contribution in [2.45, 2.75) is 25.8 Å². The highest BCUT2D eigenvalue weighted by Gasteiger charge is 2.15. The van der Waals surface area contributed by atoms with Crippen LogP contribution in [0.3, 0.4) is 0 Å². The van der Waals surface area contributed by atoms with Crippen molar-refractivity contribution in [3.05, 3.63) is 56.2 Å². The molecule has 1 unspecified atom stereocenters. The minimum atomic E-state index is 0.235. The van der Waals surface area contributed by atoms with E-state index < -0.39 is 0 Å². The molecule has 2 rings (SSSR count). The second-order valence-corrected chi connectivity index (χ2v) is 6.13. The molecule has 1 aromatic heterocycles. The minimum absolute atomic E-state index is 0.235. The number of hydrogen-bond acceptors (Lipinski definition) is 2. The van der Waals surface area contributed by atoms with Gasteiger partial charge in [0.25, 0.3) is 0 Å². The van der Waals surface area contributed by atoms with E-state index >= 15 is 0 Å². The molecule has 1 aromatic carbocycles. The number of benzene rings is 1. The Morgan fingerprint density at radius 2 is 2.11 bits per heavy atom. The molecule has 0 spiro atoms. The van der Waals surface area contributed by atoms with Crippen molar-refractivity contribution in [3.63, 3.8) is 0 Å². The lowest BCUT2D eigenvalue weighted by Crippen LogP contribution is -2.24. The maximum Gasteiger partial charge on any atom is 0.0468 e. The normalized spacial score (nSPS) is 12.6. The molecule has 0 bridgehead atoms. The van der Waals surface area contributed by atoms with Crippen LogP contribution in [-0.2, 0) is 6.42 Å². The first-order chi connectivity index (χ1) is 9.20. The van der Waals surface area contributed by atoms with Crippen molar-refractivity contribution in [3.8, 4) is 0 Å². The molecule has 1 N–H and O–H groups in total. The van der Waals surface area contributed by atoms with Gasteiger partial charge in [0, 0.05) is 16.1 Å². The Bertz CT molecular complexity index is 511. The number of thiophene rings is 1. The lowest BCUT2D eigenvalue weighted by Gasteiger charge is -2.20. The van der Waals surface area contributed by atoms with E-state index in [1.165, 1.54) is 5.56 Å². The molecule has 4 heteroatoms. The van der Waals surface area contributed by atoms with Gasteiger partial charge in [0.15, 0.2) is 0 Å². The van der Waals surface area contributed by atoms with Gasteiger partial charge in [-0.25, -0.2) is 0 Å². The second kappa shape index (κ2) is 7.30. The fourth-order valence-corrected chi connectivity index (χ4v) is 3.26. The smallest absolute Gasteiger partial charge is 0.0468 e. The Balaban J connectivity index is 2.20. The number of nitrogens with one attached hydrogen (secondary N) is 1. The largest absolute Gasteiger partial charge is 0.310 e. The highest BCUT2D eigenvalue weighted by Crippen LogP contribution is 2.29. The van der Waals surface area contributed by atoms with Crippen molar-refractivity contribution in [2.24, 2.45) is 0 Å². The van der Waals surface area contributed by atoms with Crippen LogP contribution in [0.5, 0.6) is 0 Å². The summed E-state index contributed by atoms with van der Waals surface area (Å²) in [4.78, 5) is 0. The minimum Gasteiger partial charge on any atom is -0.310 e. The van der Waals surface area contributed by atoms with Gasteiger partial charge in [-0.05, 0) is 59.5 Å². The summed E-state index contributed by atoms with van der Waals surface area (Å²) >= 11 is 14.0. The van der Waals surface area contributed by atoms with E-state index in [-0.39, 0.29) is 6.04 Å². The molecule has 1 nitrogen and oxygen atoms in total. The van der Waals surface area contributed by atoms with Gasteiger partial charge < -0.3 is 5.32 Å². The summed E-state index contributed by atoms with van der Waals surface area (Å²) in [6.07, 6.45) is 2.05. The lowest BCUT2D eigenvalue weighted by atomic mass is 10.0. The summed E-state index contributed by atoms with van der Waals surface area (Å²) in [6, 6.07) is 8.13. The molecule has 1 heterocycles. The molecule has 0 aliphatic rings. The molecule has 2 aromatic rings. The van der Waals surface area contributed by atoms with Gasteiger partial charge in [0.2, 0.25) is 0 Å². The molecule has 19 heavy (non-hydrogen) atoms. The van der Waals surface area contributed by atoms with Gasteiger partial charge in [-0.1, -0.05) is 36.2 Å². The van der Waals surface area contributed by atoms with Crippen LogP contribution in [0, 0.1) is 0 Å². The first-order valence-electron chi connectivity index (χ1n) is 6.40. The molecule has 0 amide bonds. The van der Waals surface area contributed by atoms with Crippen LogP contribution in [0.4, 0.5) is 0 Å². The first kappa shape index (κ1) is 14.9. The Kier molecular flexibility index (Phi) is 5.71. The van der Waals surface area contributed by atoms with Crippen molar-refractivity contribution in [1.82, 2.24) is 5.32 Å². The van der Waals surface area contributed by atoms with Crippen molar-refractivity contribution >= 4 is 34.5 Å². The fourth-order valence-electron chi connectivity index (χ4n) is 2.04. The highest BCUT2D eigenvalue weighted by molar-refractivity contribution is 7.07. The first-order valence-corrected chi connectivity index (χ1v) is 8.10. The number of rotatable bonds is 6. The Morgan fingerprint density at radius 3 is 2.74 bits per heavy atom. The molecule has 0 saturated carbocycles. The van der Waals surface area contributed by atoms with Crippen LogP contribution in [0.2, 0.25) is 10.0 Å². The third-order valence-electron chi connectivity index (χ3n) is 3.00. The van der Waals surface area contributed by atoms with Crippen molar-refractivity contribution in [2.75, 3.05) is 6.54 Å². The molecule has 0 aliphatic carbocycles. The topological polar surface area (TPSA) is 12.0 Å². The molecule has 0 saturated heterocycles. The van der Waals surface area contributed by atoms with E-state index in [9.17, 15) is 0 Å². The average molecular weight is 314 g/mol. The van der Waals surface area contributed by atoms with Crippen LogP contribution < -0.4 is 5.32 Å². The van der Waals surface area contributed by atoms with E-state index in [2.05, 4.69) is 29.1 Å². The molecule has 102 valence electrons. The predicted octanol–water partition coefficient (Wildman–Crippen LogP) is 5.34. The van der Waals surface area contributed by atoms with Crippen LogP contribution in [-0.4, -0.2) is 6.54 Å². The van der Waals surface area contributed by atoms with E-state index in [0.717, 1.165) is 30.0 Å². The molecular formula is C15H17Cl2NS. The van der Waals surface area contributed by atoms with Crippen LogP contribution in [0.1, 0.15) is 30.5 Å². The summed E-state index contributed by atoms with van der Waals surface area (Å²) in [6.45, 7) is 3.14.